The van der Waals surface area contributed by atoms with Gasteiger partial charge in [-0.05, 0) is 32.4 Å². The van der Waals surface area contributed by atoms with E-state index >= 15 is 0 Å². The molecule has 8 nitrogen and oxygen atoms in total. The van der Waals surface area contributed by atoms with Crippen LogP contribution < -0.4 is 4.90 Å². The number of para-hydroxylation sites is 1. The summed E-state index contributed by atoms with van der Waals surface area (Å²) in [7, 11) is -3.78. The van der Waals surface area contributed by atoms with Crippen molar-refractivity contribution in [3.05, 3.63) is 41.5 Å². The summed E-state index contributed by atoms with van der Waals surface area (Å²) in [6.07, 6.45) is -4.24. The number of aryl methyl sites for hydroxylation is 2. The molecule has 1 fully saturated rings. The Morgan fingerprint density at radius 2 is 1.77 bits per heavy atom. The number of aromatic nitrogens is 4. The van der Waals surface area contributed by atoms with Crippen molar-refractivity contribution in [2.45, 2.75) is 31.3 Å². The molecular weight excluding hydrogens is 433 g/mol. The molecule has 2 aromatic heterocycles. The van der Waals surface area contributed by atoms with Crippen LogP contribution in [0.2, 0.25) is 0 Å². The quantitative estimate of drug-likeness (QED) is 0.654. The average molecular weight is 454 g/mol. The fraction of sp³-hybridized carbons (Fsp3) is 0.421. The van der Waals surface area contributed by atoms with Gasteiger partial charge in [0, 0.05) is 31.6 Å². The lowest BCUT2D eigenvalue weighted by atomic mass is 10.2. The van der Waals surface area contributed by atoms with Crippen LogP contribution in [-0.2, 0) is 16.2 Å². The molecule has 0 radical (unpaired) electrons. The summed E-state index contributed by atoms with van der Waals surface area (Å²) in [6.45, 7) is 4.19. The van der Waals surface area contributed by atoms with Gasteiger partial charge in [0.25, 0.3) is 0 Å². The topological polar surface area (TPSA) is 95.1 Å². The zero-order valence-electron chi connectivity index (χ0n) is 16.9. The van der Waals surface area contributed by atoms with Crippen molar-refractivity contribution < 1.29 is 21.6 Å². The zero-order chi connectivity index (χ0) is 22.4. The van der Waals surface area contributed by atoms with Gasteiger partial charge in [0.15, 0.2) is 0 Å². The standard InChI is InChI=1S/C19H21F3N6O2S/c1-12-16(13(2)26-25-12)31(29,30)28-9-5-8-27(10-11-28)17-14-6-3-4-7-15(14)23-18(24-17)19(20,21)22/h3-4,6-7H,5,8-11H2,1-2H3,(H,25,26). The average Bonchev–Trinajstić information content (AvgIpc) is 2.91. The number of alkyl halides is 3. The van der Waals surface area contributed by atoms with Crippen LogP contribution >= 0.6 is 0 Å². The number of fused-ring (bicyclic) bond motifs is 1. The number of H-pyrrole nitrogens is 1. The van der Waals surface area contributed by atoms with Gasteiger partial charge >= 0.3 is 6.18 Å². The minimum absolute atomic E-state index is 0.117. The number of anilines is 1. The maximum atomic E-state index is 13.4. The van der Waals surface area contributed by atoms with Gasteiger partial charge in [-0.25, -0.2) is 18.4 Å². The molecule has 1 saturated heterocycles. The van der Waals surface area contributed by atoms with Crippen LogP contribution in [0.25, 0.3) is 10.9 Å². The molecule has 1 aromatic carbocycles. The molecule has 0 unspecified atom stereocenters. The molecule has 0 amide bonds. The lowest BCUT2D eigenvalue weighted by molar-refractivity contribution is -0.144. The highest BCUT2D eigenvalue weighted by atomic mass is 32.2. The second kappa shape index (κ2) is 7.75. The first kappa shape index (κ1) is 21.5. The Kier molecular flexibility index (Phi) is 5.38. The van der Waals surface area contributed by atoms with Crippen LogP contribution in [0.4, 0.5) is 19.0 Å². The van der Waals surface area contributed by atoms with E-state index in [4.69, 9.17) is 0 Å². The van der Waals surface area contributed by atoms with Crippen LogP contribution in [0.5, 0.6) is 0 Å². The van der Waals surface area contributed by atoms with Crippen molar-refractivity contribution in [3.63, 3.8) is 0 Å². The van der Waals surface area contributed by atoms with E-state index in [1.165, 1.54) is 10.4 Å². The molecule has 0 saturated carbocycles. The van der Waals surface area contributed by atoms with Gasteiger partial charge in [0.2, 0.25) is 15.8 Å². The molecule has 1 N–H and O–H groups in total. The molecule has 3 aromatic rings. The van der Waals surface area contributed by atoms with Crippen molar-refractivity contribution >= 4 is 26.7 Å². The SMILES string of the molecule is Cc1n[nH]c(C)c1S(=O)(=O)N1CCCN(c2nc(C(F)(F)F)nc3ccccc23)CC1. The molecule has 3 heterocycles. The molecule has 31 heavy (non-hydrogen) atoms. The van der Waals surface area contributed by atoms with E-state index in [9.17, 15) is 21.6 Å². The van der Waals surface area contributed by atoms with Gasteiger partial charge in [0.1, 0.15) is 10.7 Å². The predicted octanol–water partition coefficient (Wildman–Crippen LogP) is 2.89. The van der Waals surface area contributed by atoms with Crippen molar-refractivity contribution in [1.29, 1.82) is 0 Å². The van der Waals surface area contributed by atoms with Crippen LogP contribution in [0.15, 0.2) is 29.2 Å². The maximum Gasteiger partial charge on any atom is 0.451 e. The number of aromatic amines is 1. The highest BCUT2D eigenvalue weighted by Crippen LogP contribution is 2.32. The zero-order valence-corrected chi connectivity index (χ0v) is 17.8. The Morgan fingerprint density at radius 1 is 1.03 bits per heavy atom. The van der Waals surface area contributed by atoms with Crippen LogP contribution in [0.3, 0.4) is 0 Å². The molecule has 4 rings (SSSR count). The second-order valence-corrected chi connectivity index (χ2v) is 9.27. The smallest absolute Gasteiger partial charge is 0.355 e. The number of sulfonamides is 1. The molecule has 0 atom stereocenters. The molecule has 12 heteroatoms. The molecule has 1 aliphatic rings. The fourth-order valence-electron chi connectivity index (χ4n) is 3.82. The summed E-state index contributed by atoms with van der Waals surface area (Å²) in [5, 5.41) is 7.14. The van der Waals surface area contributed by atoms with E-state index in [-0.39, 0.29) is 35.9 Å². The summed E-state index contributed by atoms with van der Waals surface area (Å²) in [5.74, 6) is -1.05. The van der Waals surface area contributed by atoms with E-state index in [0.29, 0.717) is 29.7 Å². The third-order valence-corrected chi connectivity index (χ3v) is 7.41. The number of halogens is 3. The fourth-order valence-corrected chi connectivity index (χ4v) is 5.62. The maximum absolute atomic E-state index is 13.4. The third kappa shape index (κ3) is 3.97. The number of hydrogen-bond donors (Lipinski definition) is 1. The highest BCUT2D eigenvalue weighted by Gasteiger charge is 2.37. The monoisotopic (exact) mass is 454 g/mol. The number of hydrogen-bond acceptors (Lipinski definition) is 6. The largest absolute Gasteiger partial charge is 0.451 e. The van der Waals surface area contributed by atoms with E-state index in [0.717, 1.165) is 0 Å². The van der Waals surface area contributed by atoms with Gasteiger partial charge < -0.3 is 4.90 Å². The van der Waals surface area contributed by atoms with Gasteiger partial charge in [-0.1, -0.05) is 12.1 Å². The number of benzene rings is 1. The normalized spacial score (nSPS) is 16.6. The molecule has 0 aliphatic carbocycles. The second-order valence-electron chi connectivity index (χ2n) is 7.39. The lowest BCUT2D eigenvalue weighted by Crippen LogP contribution is -2.36. The molecule has 166 valence electrons. The molecule has 0 spiro atoms. The van der Waals surface area contributed by atoms with Crippen molar-refractivity contribution in [1.82, 2.24) is 24.5 Å². The van der Waals surface area contributed by atoms with Crippen LogP contribution in [0, 0.1) is 13.8 Å². The van der Waals surface area contributed by atoms with Gasteiger partial charge in [-0.2, -0.15) is 22.6 Å². The first-order valence-electron chi connectivity index (χ1n) is 9.69. The van der Waals surface area contributed by atoms with E-state index in [2.05, 4.69) is 20.2 Å². The predicted molar refractivity (Wildman–Crippen MR) is 108 cm³/mol. The van der Waals surface area contributed by atoms with Crippen molar-refractivity contribution in [3.8, 4) is 0 Å². The van der Waals surface area contributed by atoms with Gasteiger partial charge in [-0.15, -0.1) is 0 Å². The van der Waals surface area contributed by atoms with E-state index in [1.54, 1.807) is 36.9 Å². The van der Waals surface area contributed by atoms with Crippen molar-refractivity contribution in [2.75, 3.05) is 31.1 Å². The molecular formula is C19H21F3N6O2S. The Hall–Kier alpha value is -2.73. The Bertz CT molecular complexity index is 1210. The number of nitrogens with one attached hydrogen (secondary N) is 1. The lowest BCUT2D eigenvalue weighted by Gasteiger charge is -2.24. The van der Waals surface area contributed by atoms with Crippen LogP contribution in [0.1, 0.15) is 23.6 Å². The van der Waals surface area contributed by atoms with Gasteiger partial charge in [0.05, 0.1) is 16.9 Å². The Balaban J connectivity index is 1.68. The highest BCUT2D eigenvalue weighted by molar-refractivity contribution is 7.89. The Morgan fingerprint density at radius 3 is 2.45 bits per heavy atom. The Labute approximate surface area is 177 Å². The molecule has 0 bridgehead atoms. The summed E-state index contributed by atoms with van der Waals surface area (Å²) in [5.41, 5.74) is 1.03. The summed E-state index contributed by atoms with van der Waals surface area (Å²) in [4.78, 5) is 9.31. The first-order chi connectivity index (χ1) is 14.6. The first-order valence-corrected chi connectivity index (χ1v) is 11.1. The van der Waals surface area contributed by atoms with Crippen LogP contribution in [-0.4, -0.2) is 59.1 Å². The summed E-state index contributed by atoms with van der Waals surface area (Å²) < 4.78 is 67.7. The van der Waals surface area contributed by atoms with E-state index < -0.39 is 22.0 Å². The number of rotatable bonds is 3. The minimum Gasteiger partial charge on any atom is -0.355 e. The van der Waals surface area contributed by atoms with Gasteiger partial charge in [-0.3, -0.25) is 5.10 Å². The minimum atomic E-state index is -4.68. The van der Waals surface area contributed by atoms with Crippen molar-refractivity contribution in [2.24, 2.45) is 0 Å². The van der Waals surface area contributed by atoms with E-state index in [1.807, 2.05) is 0 Å². The summed E-state index contributed by atoms with van der Waals surface area (Å²) >= 11 is 0. The number of nitrogens with zero attached hydrogens (tertiary/aromatic N) is 5. The summed E-state index contributed by atoms with van der Waals surface area (Å²) in [6, 6.07) is 6.50. The molecule has 1 aliphatic heterocycles. The third-order valence-electron chi connectivity index (χ3n) is 5.25.